The standard InChI is InChI=1S/C25H31N3O3SSi/c1-7-18-21-20(12-13-26-18)32-23(24(29)30)22(21)27-16-9-10-17-15(14-16)8-11-19(17)28-31-33(5,6)25(2,3)4/h9-10,12-14,27H,7-8,11H2,1-6H3,(H,29,30). The Bertz CT molecular complexity index is 1260. The zero-order chi connectivity index (χ0) is 24.0. The summed E-state index contributed by atoms with van der Waals surface area (Å²) in [4.78, 5) is 16.7. The predicted octanol–water partition coefficient (Wildman–Crippen LogP) is 6.97. The van der Waals surface area contributed by atoms with E-state index in [1.807, 2.05) is 19.1 Å². The van der Waals surface area contributed by atoms with E-state index in [0.717, 1.165) is 52.0 Å². The topological polar surface area (TPSA) is 83.8 Å². The van der Waals surface area contributed by atoms with Gasteiger partial charge in [-0.05, 0) is 61.2 Å². The van der Waals surface area contributed by atoms with Gasteiger partial charge in [0.1, 0.15) is 4.88 Å². The van der Waals surface area contributed by atoms with Crippen LogP contribution in [0.25, 0.3) is 10.1 Å². The number of anilines is 2. The van der Waals surface area contributed by atoms with Gasteiger partial charge < -0.3 is 15.0 Å². The fourth-order valence-corrected chi connectivity index (χ4v) is 5.37. The van der Waals surface area contributed by atoms with Crippen molar-refractivity contribution in [1.82, 2.24) is 4.98 Å². The van der Waals surface area contributed by atoms with Crippen molar-refractivity contribution < 1.29 is 14.4 Å². The SMILES string of the molecule is CCc1nccc2sc(C(=O)O)c(Nc3ccc4c(c3)CCC4=NO[Si](C)(C)C(C)(C)C)c12. The lowest BCUT2D eigenvalue weighted by molar-refractivity contribution is 0.0703. The Morgan fingerprint density at radius 1 is 1.27 bits per heavy atom. The van der Waals surface area contributed by atoms with Gasteiger partial charge in [-0.2, -0.15) is 0 Å². The molecule has 4 rings (SSSR count). The molecule has 8 heteroatoms. The first-order valence-electron chi connectivity index (χ1n) is 11.3. The summed E-state index contributed by atoms with van der Waals surface area (Å²) in [6.07, 6.45) is 4.22. The second kappa shape index (κ2) is 8.57. The number of rotatable bonds is 6. The van der Waals surface area contributed by atoms with Gasteiger partial charge >= 0.3 is 5.97 Å². The summed E-state index contributed by atoms with van der Waals surface area (Å²) < 4.78 is 7.04. The highest BCUT2D eigenvalue weighted by Gasteiger charge is 2.40. The zero-order valence-electron chi connectivity index (χ0n) is 20.1. The summed E-state index contributed by atoms with van der Waals surface area (Å²) in [5, 5.41) is 18.8. The van der Waals surface area contributed by atoms with E-state index in [4.69, 9.17) is 4.53 Å². The van der Waals surface area contributed by atoms with Crippen LogP contribution in [0.4, 0.5) is 11.4 Å². The highest BCUT2D eigenvalue weighted by Crippen LogP contribution is 2.40. The number of carboxylic acids is 1. The molecular weight excluding hydrogens is 450 g/mol. The molecule has 0 radical (unpaired) electrons. The molecule has 0 amide bonds. The lowest BCUT2D eigenvalue weighted by Gasteiger charge is -2.33. The number of carboxylic acid groups (broad SMARTS) is 1. The maximum absolute atomic E-state index is 12.0. The molecule has 2 N–H and O–H groups in total. The largest absolute Gasteiger partial charge is 0.477 e. The molecule has 1 aliphatic rings. The second-order valence-electron chi connectivity index (χ2n) is 9.98. The number of oxime groups is 1. The zero-order valence-corrected chi connectivity index (χ0v) is 21.9. The van der Waals surface area contributed by atoms with E-state index in [9.17, 15) is 9.90 Å². The molecule has 0 saturated heterocycles. The van der Waals surface area contributed by atoms with Crippen LogP contribution in [0.3, 0.4) is 0 Å². The molecule has 2 aromatic heterocycles. The molecule has 0 aliphatic heterocycles. The van der Waals surface area contributed by atoms with Crippen LogP contribution in [0.2, 0.25) is 18.1 Å². The minimum Gasteiger partial charge on any atom is -0.477 e. The van der Waals surface area contributed by atoms with E-state index in [-0.39, 0.29) is 5.04 Å². The Balaban J connectivity index is 1.66. The Kier molecular flexibility index (Phi) is 6.09. The van der Waals surface area contributed by atoms with E-state index in [0.29, 0.717) is 10.6 Å². The molecule has 0 unspecified atom stereocenters. The van der Waals surface area contributed by atoms with Gasteiger partial charge in [-0.1, -0.05) is 33.8 Å². The Labute approximate surface area is 199 Å². The number of fused-ring (bicyclic) bond motifs is 2. The number of aryl methyl sites for hydroxylation is 2. The average molecular weight is 482 g/mol. The number of pyridine rings is 1. The summed E-state index contributed by atoms with van der Waals surface area (Å²) >= 11 is 1.28. The smallest absolute Gasteiger partial charge is 0.348 e. The summed E-state index contributed by atoms with van der Waals surface area (Å²) in [5.41, 5.74) is 5.70. The van der Waals surface area contributed by atoms with Crippen LogP contribution in [0.1, 0.15) is 60.6 Å². The number of nitrogens with one attached hydrogen (secondary N) is 1. The lowest BCUT2D eigenvalue weighted by atomic mass is 10.1. The van der Waals surface area contributed by atoms with Crippen LogP contribution in [0.15, 0.2) is 35.6 Å². The van der Waals surface area contributed by atoms with E-state index in [2.05, 4.69) is 61.5 Å². The third kappa shape index (κ3) is 4.41. The highest BCUT2D eigenvalue weighted by molar-refractivity contribution is 7.21. The molecule has 0 bridgehead atoms. The van der Waals surface area contributed by atoms with Crippen LogP contribution >= 0.6 is 11.3 Å². The summed E-state index contributed by atoms with van der Waals surface area (Å²) in [6.45, 7) is 13.1. The summed E-state index contributed by atoms with van der Waals surface area (Å²) in [6, 6.07) is 8.03. The first kappa shape index (κ1) is 23.4. The number of benzene rings is 1. The van der Waals surface area contributed by atoms with Gasteiger partial charge in [0.25, 0.3) is 8.32 Å². The molecule has 1 aromatic carbocycles. The van der Waals surface area contributed by atoms with Gasteiger partial charge in [0.2, 0.25) is 0 Å². The molecule has 2 heterocycles. The van der Waals surface area contributed by atoms with Gasteiger partial charge in [-0.25, -0.2) is 4.79 Å². The van der Waals surface area contributed by atoms with E-state index >= 15 is 0 Å². The first-order valence-corrected chi connectivity index (χ1v) is 15.0. The molecule has 1 aliphatic carbocycles. The number of hydrogen-bond donors (Lipinski definition) is 2. The first-order chi connectivity index (χ1) is 15.5. The van der Waals surface area contributed by atoms with Crippen molar-refractivity contribution in [2.45, 2.75) is 65.1 Å². The maximum Gasteiger partial charge on any atom is 0.348 e. The number of carbonyl (C=O) groups is 1. The third-order valence-corrected chi connectivity index (χ3v) is 12.0. The molecule has 0 saturated carbocycles. The van der Waals surface area contributed by atoms with E-state index < -0.39 is 14.3 Å². The van der Waals surface area contributed by atoms with Crippen LogP contribution in [0, 0.1) is 0 Å². The van der Waals surface area contributed by atoms with Gasteiger partial charge in [-0.15, -0.1) is 16.5 Å². The highest BCUT2D eigenvalue weighted by atomic mass is 32.1. The number of hydrogen-bond acceptors (Lipinski definition) is 6. The molecule has 0 spiro atoms. The second-order valence-corrected chi connectivity index (χ2v) is 15.7. The van der Waals surface area contributed by atoms with Crippen LogP contribution in [-0.2, 0) is 17.4 Å². The fraction of sp³-hybridized carbons (Fsp3) is 0.400. The van der Waals surface area contributed by atoms with Crippen molar-refractivity contribution in [2.75, 3.05) is 5.32 Å². The molecular formula is C25H31N3O3SSi. The van der Waals surface area contributed by atoms with Crippen molar-refractivity contribution in [3.8, 4) is 0 Å². The van der Waals surface area contributed by atoms with Crippen molar-refractivity contribution in [1.29, 1.82) is 0 Å². The van der Waals surface area contributed by atoms with Gasteiger partial charge in [0, 0.05) is 27.5 Å². The Morgan fingerprint density at radius 3 is 2.70 bits per heavy atom. The van der Waals surface area contributed by atoms with Crippen molar-refractivity contribution in [3.63, 3.8) is 0 Å². The molecule has 3 aromatic rings. The van der Waals surface area contributed by atoms with E-state index in [1.165, 1.54) is 16.9 Å². The lowest BCUT2D eigenvalue weighted by Crippen LogP contribution is -2.39. The average Bonchev–Trinajstić information content (AvgIpc) is 3.32. The Morgan fingerprint density at radius 2 is 2.03 bits per heavy atom. The normalized spacial score (nSPS) is 15.2. The quantitative estimate of drug-likeness (QED) is 0.293. The summed E-state index contributed by atoms with van der Waals surface area (Å²) in [5.74, 6) is -0.931. The predicted molar refractivity (Wildman–Crippen MR) is 139 cm³/mol. The van der Waals surface area contributed by atoms with Crippen molar-refractivity contribution in [2.24, 2.45) is 5.16 Å². The molecule has 6 nitrogen and oxygen atoms in total. The van der Waals surface area contributed by atoms with Gasteiger partial charge in [0.15, 0.2) is 0 Å². The molecule has 174 valence electrons. The Hall–Kier alpha value is -2.71. The van der Waals surface area contributed by atoms with E-state index in [1.54, 1.807) is 6.20 Å². The maximum atomic E-state index is 12.0. The molecule has 0 atom stereocenters. The molecule has 33 heavy (non-hydrogen) atoms. The number of aromatic carboxylic acids is 1. The third-order valence-electron chi connectivity index (χ3n) is 6.72. The minimum atomic E-state index is -1.96. The van der Waals surface area contributed by atoms with Crippen LogP contribution in [0.5, 0.6) is 0 Å². The molecule has 0 fully saturated rings. The van der Waals surface area contributed by atoms with Crippen molar-refractivity contribution in [3.05, 3.63) is 52.2 Å². The van der Waals surface area contributed by atoms with Gasteiger partial charge in [0.05, 0.1) is 17.1 Å². The minimum absolute atomic E-state index is 0.101. The fourth-order valence-electron chi connectivity index (χ4n) is 3.74. The van der Waals surface area contributed by atoms with Crippen LogP contribution < -0.4 is 5.32 Å². The van der Waals surface area contributed by atoms with Crippen LogP contribution in [-0.4, -0.2) is 30.1 Å². The number of thiophene rings is 1. The monoisotopic (exact) mass is 481 g/mol. The van der Waals surface area contributed by atoms with Crippen molar-refractivity contribution >= 4 is 52.8 Å². The summed E-state index contributed by atoms with van der Waals surface area (Å²) in [7, 11) is -1.96. The number of nitrogens with zero attached hydrogens (tertiary/aromatic N) is 2. The number of aromatic nitrogens is 1. The van der Waals surface area contributed by atoms with Gasteiger partial charge in [-0.3, -0.25) is 4.98 Å².